The summed E-state index contributed by atoms with van der Waals surface area (Å²) >= 11 is 0. The Bertz CT molecular complexity index is 1100. The molecule has 5 N–H and O–H groups in total. The number of rotatable bonds is 9. The summed E-state index contributed by atoms with van der Waals surface area (Å²) in [5, 5.41) is 9.00. The maximum absolute atomic E-state index is 13.7. The van der Waals surface area contributed by atoms with Gasteiger partial charge in [0.25, 0.3) is 0 Å². The van der Waals surface area contributed by atoms with Gasteiger partial charge in [0.1, 0.15) is 12.1 Å². The van der Waals surface area contributed by atoms with E-state index in [4.69, 9.17) is 5.73 Å². The average Bonchev–Trinajstić information content (AvgIpc) is 3.39. The van der Waals surface area contributed by atoms with E-state index in [9.17, 15) is 14.4 Å². The zero-order chi connectivity index (χ0) is 27.1. The Morgan fingerprint density at radius 2 is 1.82 bits per heavy atom. The average molecular weight is 521 g/mol. The number of piperidine rings is 1. The third-order valence-electron chi connectivity index (χ3n) is 8.06. The van der Waals surface area contributed by atoms with Gasteiger partial charge in [-0.15, -0.1) is 0 Å². The smallest absolute Gasteiger partial charge is 0.243 e. The van der Waals surface area contributed by atoms with Gasteiger partial charge in [-0.25, -0.2) is 0 Å². The van der Waals surface area contributed by atoms with Crippen molar-refractivity contribution in [1.82, 2.24) is 25.8 Å². The van der Waals surface area contributed by atoms with Crippen LogP contribution >= 0.6 is 0 Å². The number of nitrogens with zero attached hydrogens (tertiary/aromatic N) is 2. The van der Waals surface area contributed by atoms with Crippen LogP contribution in [0.3, 0.4) is 0 Å². The molecular formula is C29H40N6O3. The van der Waals surface area contributed by atoms with E-state index in [1.165, 1.54) is 0 Å². The topological polar surface area (TPSA) is 129 Å². The minimum atomic E-state index is -0.751. The number of hydrogen-bond donors (Lipinski definition) is 4. The van der Waals surface area contributed by atoms with Gasteiger partial charge in [0.15, 0.2) is 0 Å². The molecule has 0 bridgehead atoms. The Labute approximate surface area is 224 Å². The van der Waals surface area contributed by atoms with Crippen molar-refractivity contribution in [3.8, 4) is 0 Å². The van der Waals surface area contributed by atoms with Crippen molar-refractivity contribution in [2.45, 2.75) is 57.2 Å². The van der Waals surface area contributed by atoms with Crippen LogP contribution < -0.4 is 21.7 Å². The van der Waals surface area contributed by atoms with Crippen molar-refractivity contribution < 1.29 is 14.4 Å². The molecule has 1 aromatic heterocycles. The minimum absolute atomic E-state index is 0.122. The SMILES string of the molecule is CNC(=O)C(Cc1ccncc1)NC(=O)[C@@H]1CC(C2CCNCC2)CN1C(=O)C[C@H](N)c1ccccc1C. The summed E-state index contributed by atoms with van der Waals surface area (Å²) in [7, 11) is 1.56. The van der Waals surface area contributed by atoms with Gasteiger partial charge >= 0.3 is 0 Å². The zero-order valence-corrected chi connectivity index (χ0v) is 22.4. The number of amides is 3. The molecule has 9 nitrogen and oxygen atoms in total. The van der Waals surface area contributed by atoms with Gasteiger partial charge < -0.3 is 26.6 Å². The molecule has 2 aliphatic rings. The summed E-state index contributed by atoms with van der Waals surface area (Å²) < 4.78 is 0. The lowest BCUT2D eigenvalue weighted by atomic mass is 9.83. The molecule has 0 saturated carbocycles. The normalized spacial score (nSPS) is 21.5. The van der Waals surface area contributed by atoms with E-state index in [1.807, 2.05) is 43.3 Å². The standard InChI is InChI=1S/C29H40N6O3/c1-19-5-3-4-6-23(19)24(30)17-27(36)35-18-22(21-9-13-33-14-10-21)16-26(35)29(38)34-25(28(37)31-2)15-20-7-11-32-12-8-20/h3-8,11-12,21-22,24-26,33H,9-10,13-18,30H2,1-2H3,(H,31,37)(H,34,38)/t22?,24-,25?,26-/m0/s1. The van der Waals surface area contributed by atoms with E-state index >= 15 is 0 Å². The number of aryl methyl sites for hydroxylation is 1. The van der Waals surface area contributed by atoms with Crippen LogP contribution in [-0.2, 0) is 20.8 Å². The third-order valence-corrected chi connectivity index (χ3v) is 8.06. The highest BCUT2D eigenvalue weighted by molar-refractivity contribution is 5.92. The van der Waals surface area contributed by atoms with E-state index in [2.05, 4.69) is 20.9 Å². The van der Waals surface area contributed by atoms with Crippen LogP contribution in [0.2, 0.25) is 0 Å². The Kier molecular flexibility index (Phi) is 9.47. The lowest BCUT2D eigenvalue weighted by Gasteiger charge is -2.28. The monoisotopic (exact) mass is 520 g/mol. The molecule has 2 unspecified atom stereocenters. The molecule has 2 fully saturated rings. The van der Waals surface area contributed by atoms with Gasteiger partial charge in [-0.05, 0) is 79.9 Å². The Hall–Kier alpha value is -3.30. The second-order valence-electron chi connectivity index (χ2n) is 10.5. The number of likely N-dealkylation sites (N-methyl/N-ethyl adjacent to an activating group) is 1. The molecule has 0 spiro atoms. The van der Waals surface area contributed by atoms with Gasteiger partial charge in [0, 0.05) is 44.9 Å². The summed E-state index contributed by atoms with van der Waals surface area (Å²) in [6.07, 6.45) is 6.46. The predicted octanol–water partition coefficient (Wildman–Crippen LogP) is 1.47. The fourth-order valence-electron chi connectivity index (χ4n) is 5.87. The number of nitrogens with one attached hydrogen (secondary N) is 3. The molecule has 2 saturated heterocycles. The predicted molar refractivity (Wildman–Crippen MR) is 146 cm³/mol. The number of pyridine rings is 1. The first-order valence-electron chi connectivity index (χ1n) is 13.6. The van der Waals surface area contributed by atoms with E-state index < -0.39 is 18.1 Å². The molecule has 0 radical (unpaired) electrons. The quantitative estimate of drug-likeness (QED) is 0.396. The molecular weight excluding hydrogens is 480 g/mol. The zero-order valence-electron chi connectivity index (χ0n) is 22.4. The van der Waals surface area contributed by atoms with Gasteiger partial charge in [0.05, 0.1) is 0 Å². The number of aromatic nitrogens is 1. The first-order chi connectivity index (χ1) is 18.4. The molecule has 3 amide bonds. The van der Waals surface area contributed by atoms with E-state index in [1.54, 1.807) is 24.3 Å². The Balaban J connectivity index is 1.51. The molecule has 38 heavy (non-hydrogen) atoms. The molecule has 3 heterocycles. The van der Waals surface area contributed by atoms with Crippen molar-refractivity contribution in [3.05, 3.63) is 65.5 Å². The van der Waals surface area contributed by atoms with Crippen LogP contribution in [0.15, 0.2) is 48.8 Å². The number of benzene rings is 1. The highest BCUT2D eigenvalue weighted by Crippen LogP contribution is 2.35. The van der Waals surface area contributed by atoms with Crippen molar-refractivity contribution in [3.63, 3.8) is 0 Å². The highest BCUT2D eigenvalue weighted by atomic mass is 16.2. The van der Waals surface area contributed by atoms with Crippen LogP contribution in [0.25, 0.3) is 0 Å². The van der Waals surface area contributed by atoms with Gasteiger partial charge in [0.2, 0.25) is 17.7 Å². The first kappa shape index (κ1) is 27.7. The number of carbonyl (C=O) groups excluding carboxylic acids is 3. The molecule has 2 aliphatic heterocycles. The molecule has 4 rings (SSSR count). The number of hydrogen-bond acceptors (Lipinski definition) is 6. The summed E-state index contributed by atoms with van der Waals surface area (Å²) in [6, 6.07) is 9.64. The molecule has 4 atom stereocenters. The number of likely N-dealkylation sites (tertiary alicyclic amines) is 1. The molecule has 1 aromatic carbocycles. The number of carbonyl (C=O) groups is 3. The van der Waals surface area contributed by atoms with E-state index in [0.717, 1.165) is 42.6 Å². The number of nitrogens with two attached hydrogens (primary N) is 1. The van der Waals surface area contributed by atoms with Crippen LogP contribution in [-0.4, -0.2) is 66.4 Å². The first-order valence-corrected chi connectivity index (χ1v) is 13.6. The van der Waals surface area contributed by atoms with E-state index in [0.29, 0.717) is 25.3 Å². The molecule has 0 aliphatic carbocycles. The lowest BCUT2D eigenvalue weighted by Crippen LogP contribution is -2.53. The van der Waals surface area contributed by atoms with Crippen molar-refractivity contribution in [1.29, 1.82) is 0 Å². The van der Waals surface area contributed by atoms with Crippen molar-refractivity contribution in [2.75, 3.05) is 26.7 Å². The second kappa shape index (κ2) is 13.0. The largest absolute Gasteiger partial charge is 0.357 e. The maximum atomic E-state index is 13.7. The summed E-state index contributed by atoms with van der Waals surface area (Å²) in [5.74, 6) is 0.0125. The van der Waals surface area contributed by atoms with Crippen LogP contribution in [0, 0.1) is 18.8 Å². The lowest BCUT2D eigenvalue weighted by molar-refractivity contribution is -0.139. The molecule has 204 valence electrons. The second-order valence-corrected chi connectivity index (χ2v) is 10.5. The van der Waals surface area contributed by atoms with Gasteiger partial charge in [-0.3, -0.25) is 19.4 Å². The third kappa shape index (κ3) is 6.76. The maximum Gasteiger partial charge on any atom is 0.243 e. The van der Waals surface area contributed by atoms with Crippen molar-refractivity contribution >= 4 is 17.7 Å². The van der Waals surface area contributed by atoms with Crippen LogP contribution in [0.4, 0.5) is 0 Å². The molecule has 9 heteroatoms. The Morgan fingerprint density at radius 1 is 1.11 bits per heavy atom. The summed E-state index contributed by atoms with van der Waals surface area (Å²) in [4.78, 5) is 45.7. The van der Waals surface area contributed by atoms with Crippen LogP contribution in [0.1, 0.15) is 48.4 Å². The summed E-state index contributed by atoms with van der Waals surface area (Å²) in [5.41, 5.74) is 9.35. The fourth-order valence-corrected chi connectivity index (χ4v) is 5.87. The van der Waals surface area contributed by atoms with Crippen molar-refractivity contribution in [2.24, 2.45) is 17.6 Å². The fraction of sp³-hybridized carbons (Fsp3) is 0.517. The van der Waals surface area contributed by atoms with Gasteiger partial charge in [-0.1, -0.05) is 24.3 Å². The molecule has 2 aromatic rings. The highest BCUT2D eigenvalue weighted by Gasteiger charge is 2.43. The Morgan fingerprint density at radius 3 is 2.50 bits per heavy atom. The minimum Gasteiger partial charge on any atom is -0.357 e. The van der Waals surface area contributed by atoms with Gasteiger partial charge in [-0.2, -0.15) is 0 Å². The van der Waals surface area contributed by atoms with E-state index in [-0.39, 0.29) is 30.1 Å². The summed E-state index contributed by atoms with van der Waals surface area (Å²) in [6.45, 7) is 4.43. The van der Waals surface area contributed by atoms with Crippen LogP contribution in [0.5, 0.6) is 0 Å².